The van der Waals surface area contributed by atoms with Crippen molar-refractivity contribution in [1.82, 2.24) is 9.80 Å². The van der Waals surface area contributed by atoms with E-state index in [1.807, 2.05) is 18.2 Å². The van der Waals surface area contributed by atoms with Crippen LogP contribution in [0.4, 0.5) is 0 Å². The van der Waals surface area contributed by atoms with Gasteiger partial charge in [-0.2, -0.15) is 0 Å². The number of carbonyl (C=O) groups is 1. The highest BCUT2D eigenvalue weighted by molar-refractivity contribution is 5.91. The topological polar surface area (TPSA) is 56.9 Å². The first-order chi connectivity index (χ1) is 12.0. The number of nitrogens with zero attached hydrogens (tertiary/aromatic N) is 2. The van der Waals surface area contributed by atoms with Gasteiger partial charge in [0.1, 0.15) is 5.76 Å². The van der Waals surface area contributed by atoms with Gasteiger partial charge in [-0.1, -0.05) is 30.3 Å². The van der Waals surface area contributed by atoms with E-state index in [1.165, 1.54) is 11.6 Å². The summed E-state index contributed by atoms with van der Waals surface area (Å²) in [7, 11) is 1.71. The Kier molecular flexibility index (Phi) is 5.36. The zero-order valence-corrected chi connectivity index (χ0v) is 14.5. The van der Waals surface area contributed by atoms with Gasteiger partial charge in [0.25, 0.3) is 0 Å². The van der Waals surface area contributed by atoms with Gasteiger partial charge < -0.3 is 14.4 Å². The van der Waals surface area contributed by atoms with E-state index in [0.717, 1.165) is 13.1 Å². The number of likely N-dealkylation sites (tertiary alicyclic amines) is 1. The lowest BCUT2D eigenvalue weighted by Gasteiger charge is -2.28. The molecule has 1 unspecified atom stereocenters. The van der Waals surface area contributed by atoms with Crippen LogP contribution in [-0.4, -0.2) is 53.1 Å². The Morgan fingerprint density at radius 2 is 2.12 bits per heavy atom. The molecule has 3 rings (SSSR count). The van der Waals surface area contributed by atoms with Crippen LogP contribution in [0.2, 0.25) is 0 Å². The zero-order valence-electron chi connectivity index (χ0n) is 14.5. The summed E-state index contributed by atoms with van der Waals surface area (Å²) in [6, 6.07) is 13.8. The van der Waals surface area contributed by atoms with Gasteiger partial charge >= 0.3 is 0 Å². The van der Waals surface area contributed by atoms with Crippen molar-refractivity contribution in [3.63, 3.8) is 0 Å². The Bertz CT molecular complexity index is 712. The molecule has 25 heavy (non-hydrogen) atoms. The summed E-state index contributed by atoms with van der Waals surface area (Å²) in [4.78, 5) is 16.0. The molecule has 0 spiro atoms. The Morgan fingerprint density at radius 1 is 1.32 bits per heavy atom. The second kappa shape index (κ2) is 7.68. The van der Waals surface area contributed by atoms with Crippen molar-refractivity contribution >= 4 is 12.0 Å². The minimum Gasteiger partial charge on any atom is -0.465 e. The average molecular weight is 340 g/mol. The van der Waals surface area contributed by atoms with Crippen LogP contribution in [0.25, 0.3) is 6.08 Å². The van der Waals surface area contributed by atoms with Gasteiger partial charge in [-0.3, -0.25) is 9.69 Å². The number of rotatable bonds is 6. The molecule has 1 aromatic heterocycles. The lowest BCUT2D eigenvalue weighted by molar-refractivity contribution is -0.127. The second-order valence-corrected chi connectivity index (χ2v) is 6.71. The lowest BCUT2D eigenvalue weighted by atomic mass is 10.0. The summed E-state index contributed by atoms with van der Waals surface area (Å²) >= 11 is 0. The minimum absolute atomic E-state index is 0.147. The third-order valence-electron chi connectivity index (χ3n) is 4.50. The Labute approximate surface area is 148 Å². The number of benzene rings is 1. The molecule has 1 N–H and O–H groups in total. The summed E-state index contributed by atoms with van der Waals surface area (Å²) < 4.78 is 5.17. The highest BCUT2D eigenvalue weighted by Gasteiger charge is 2.37. The van der Waals surface area contributed by atoms with Gasteiger partial charge in [-0.25, -0.2) is 0 Å². The van der Waals surface area contributed by atoms with E-state index >= 15 is 0 Å². The number of hydrogen-bond donors (Lipinski definition) is 1. The number of β-amino-alcohol motifs (C(OH)–C–C–N with tert-alkyl or cyclic N) is 1. The maximum absolute atomic E-state index is 12.2. The summed E-state index contributed by atoms with van der Waals surface area (Å²) in [5.41, 5.74) is 0.370. The largest absolute Gasteiger partial charge is 0.465 e. The van der Waals surface area contributed by atoms with E-state index in [-0.39, 0.29) is 5.91 Å². The third-order valence-corrected chi connectivity index (χ3v) is 4.50. The minimum atomic E-state index is -0.863. The van der Waals surface area contributed by atoms with Gasteiger partial charge in [-0.05, 0) is 30.2 Å². The van der Waals surface area contributed by atoms with E-state index in [4.69, 9.17) is 4.42 Å². The third kappa shape index (κ3) is 4.81. The molecule has 1 aliphatic rings. The quantitative estimate of drug-likeness (QED) is 0.821. The maximum Gasteiger partial charge on any atom is 0.246 e. The molecule has 2 aromatic rings. The van der Waals surface area contributed by atoms with E-state index in [2.05, 4.69) is 17.0 Å². The van der Waals surface area contributed by atoms with Crippen molar-refractivity contribution in [2.45, 2.75) is 18.6 Å². The van der Waals surface area contributed by atoms with E-state index < -0.39 is 5.60 Å². The van der Waals surface area contributed by atoms with Crippen LogP contribution in [0.5, 0.6) is 0 Å². The molecular weight excluding hydrogens is 316 g/mol. The SMILES string of the molecule is CN(CC1(O)CCN(Cc2ccccc2)C1)C(=O)/C=C/c1ccco1. The average Bonchev–Trinajstić information content (AvgIpc) is 3.23. The number of aliphatic hydroxyl groups is 1. The van der Waals surface area contributed by atoms with Crippen LogP contribution in [-0.2, 0) is 11.3 Å². The molecule has 0 radical (unpaired) electrons. The van der Waals surface area contributed by atoms with Crippen LogP contribution in [0.3, 0.4) is 0 Å². The summed E-state index contributed by atoms with van der Waals surface area (Å²) in [6.07, 6.45) is 5.34. The molecule has 132 valence electrons. The van der Waals surface area contributed by atoms with Crippen LogP contribution < -0.4 is 0 Å². The number of hydrogen-bond acceptors (Lipinski definition) is 4. The van der Waals surface area contributed by atoms with Crippen LogP contribution in [0, 0.1) is 0 Å². The molecule has 2 heterocycles. The van der Waals surface area contributed by atoms with Crippen LogP contribution >= 0.6 is 0 Å². The predicted octanol–water partition coefficient (Wildman–Crippen LogP) is 2.39. The highest BCUT2D eigenvalue weighted by Crippen LogP contribution is 2.24. The van der Waals surface area contributed by atoms with E-state index in [0.29, 0.717) is 25.3 Å². The molecule has 1 aliphatic heterocycles. The van der Waals surface area contributed by atoms with Crippen LogP contribution in [0.1, 0.15) is 17.7 Å². The van der Waals surface area contributed by atoms with E-state index in [9.17, 15) is 9.90 Å². The summed E-state index contributed by atoms with van der Waals surface area (Å²) in [5, 5.41) is 10.8. The van der Waals surface area contributed by atoms with Gasteiger partial charge in [0.15, 0.2) is 0 Å². The maximum atomic E-state index is 12.2. The standard InChI is InChI=1S/C20H24N2O3/c1-21(19(23)10-9-18-8-5-13-25-18)15-20(24)11-12-22(16-20)14-17-6-3-2-4-7-17/h2-10,13,24H,11-12,14-16H2,1H3/b10-9+. The number of amides is 1. The van der Waals surface area contributed by atoms with Gasteiger partial charge in [0, 0.05) is 32.8 Å². The van der Waals surface area contributed by atoms with Gasteiger partial charge in [-0.15, -0.1) is 0 Å². The van der Waals surface area contributed by atoms with Crippen molar-refractivity contribution in [1.29, 1.82) is 0 Å². The summed E-state index contributed by atoms with van der Waals surface area (Å²) in [5.74, 6) is 0.488. The molecule has 5 heteroatoms. The molecule has 1 saturated heterocycles. The van der Waals surface area contributed by atoms with Crippen LogP contribution in [0.15, 0.2) is 59.2 Å². The first kappa shape index (κ1) is 17.5. The molecule has 1 aromatic carbocycles. The van der Waals surface area contributed by atoms with Crippen molar-refractivity contribution in [2.24, 2.45) is 0 Å². The Morgan fingerprint density at radius 3 is 2.84 bits per heavy atom. The smallest absolute Gasteiger partial charge is 0.246 e. The molecule has 0 aliphatic carbocycles. The van der Waals surface area contributed by atoms with Crippen molar-refractivity contribution in [2.75, 3.05) is 26.7 Å². The second-order valence-electron chi connectivity index (χ2n) is 6.71. The number of likely N-dealkylation sites (N-methyl/N-ethyl adjacent to an activating group) is 1. The fraction of sp³-hybridized carbons (Fsp3) is 0.350. The molecule has 1 amide bonds. The van der Waals surface area contributed by atoms with Gasteiger partial charge in [0.2, 0.25) is 5.91 Å². The van der Waals surface area contributed by atoms with Gasteiger partial charge in [0.05, 0.1) is 18.4 Å². The Hall–Kier alpha value is -2.37. The lowest BCUT2D eigenvalue weighted by Crippen LogP contribution is -2.45. The highest BCUT2D eigenvalue weighted by atomic mass is 16.3. The van der Waals surface area contributed by atoms with E-state index in [1.54, 1.807) is 36.4 Å². The monoisotopic (exact) mass is 340 g/mol. The fourth-order valence-corrected chi connectivity index (χ4v) is 3.23. The molecule has 0 bridgehead atoms. The first-order valence-corrected chi connectivity index (χ1v) is 8.49. The normalized spacial score (nSPS) is 21.0. The number of furan rings is 1. The predicted molar refractivity (Wildman–Crippen MR) is 96.7 cm³/mol. The first-order valence-electron chi connectivity index (χ1n) is 8.49. The summed E-state index contributed by atoms with van der Waals surface area (Å²) in [6.45, 7) is 2.54. The number of carbonyl (C=O) groups excluding carboxylic acids is 1. The molecule has 0 saturated carbocycles. The molecule has 1 atom stereocenters. The Balaban J connectivity index is 1.52. The zero-order chi connectivity index (χ0) is 17.7. The fourth-order valence-electron chi connectivity index (χ4n) is 3.23. The molecule has 5 nitrogen and oxygen atoms in total. The molecular formula is C20H24N2O3. The van der Waals surface area contributed by atoms with Crippen molar-refractivity contribution in [3.05, 3.63) is 66.1 Å². The van der Waals surface area contributed by atoms with Crippen molar-refractivity contribution < 1.29 is 14.3 Å². The molecule has 1 fully saturated rings. The van der Waals surface area contributed by atoms with Crippen molar-refractivity contribution in [3.8, 4) is 0 Å².